The third-order valence-electron chi connectivity index (χ3n) is 3.22. The maximum Gasteiger partial charge on any atom is 0.161 e. The Bertz CT molecular complexity index is 581. The minimum Gasteiger partial charge on any atom is -0.490 e. The van der Waals surface area contributed by atoms with Gasteiger partial charge < -0.3 is 15.2 Å². The molecule has 0 heterocycles. The van der Waals surface area contributed by atoms with E-state index in [1.54, 1.807) is 0 Å². The molecule has 0 unspecified atom stereocenters. The second-order valence-electron chi connectivity index (χ2n) is 5.03. The van der Waals surface area contributed by atoms with Gasteiger partial charge in [0.1, 0.15) is 6.61 Å². The van der Waals surface area contributed by atoms with Gasteiger partial charge in [-0.3, -0.25) is 0 Å². The van der Waals surface area contributed by atoms with Gasteiger partial charge in [0.05, 0.1) is 6.61 Å². The molecule has 0 spiro atoms. The summed E-state index contributed by atoms with van der Waals surface area (Å²) < 4.78 is 11.6. The second-order valence-corrected chi connectivity index (χ2v) is 5.03. The van der Waals surface area contributed by atoms with Crippen molar-refractivity contribution in [1.82, 2.24) is 0 Å². The predicted octanol–water partition coefficient (Wildman–Crippen LogP) is 3.47. The van der Waals surface area contributed by atoms with E-state index in [0.717, 1.165) is 23.5 Å². The molecule has 0 amide bonds. The van der Waals surface area contributed by atoms with Gasteiger partial charge in [-0.1, -0.05) is 35.9 Å². The highest BCUT2D eigenvalue weighted by Gasteiger charge is 2.07. The summed E-state index contributed by atoms with van der Waals surface area (Å²) in [6, 6.07) is 14.3. The Morgan fingerprint density at radius 3 is 2.52 bits per heavy atom. The van der Waals surface area contributed by atoms with Gasteiger partial charge in [-0.05, 0) is 50.1 Å². The van der Waals surface area contributed by atoms with E-state index in [1.165, 1.54) is 11.1 Å². The van der Waals surface area contributed by atoms with E-state index >= 15 is 0 Å². The van der Waals surface area contributed by atoms with Crippen LogP contribution in [0.5, 0.6) is 11.5 Å². The van der Waals surface area contributed by atoms with Gasteiger partial charge in [-0.25, -0.2) is 0 Å². The molecule has 0 aromatic heterocycles. The maximum absolute atomic E-state index is 5.91. The molecule has 21 heavy (non-hydrogen) atoms. The third kappa shape index (κ3) is 4.50. The topological polar surface area (TPSA) is 44.5 Å². The van der Waals surface area contributed by atoms with Crippen LogP contribution < -0.4 is 15.2 Å². The highest BCUT2D eigenvalue weighted by atomic mass is 16.5. The van der Waals surface area contributed by atoms with E-state index in [9.17, 15) is 0 Å². The smallest absolute Gasteiger partial charge is 0.161 e. The lowest BCUT2D eigenvalue weighted by molar-refractivity contribution is 0.269. The predicted molar refractivity (Wildman–Crippen MR) is 85.9 cm³/mol. The number of rotatable bonds is 7. The van der Waals surface area contributed by atoms with Crippen molar-refractivity contribution >= 4 is 0 Å². The first-order chi connectivity index (χ1) is 10.2. The zero-order chi connectivity index (χ0) is 15.1. The standard InChI is InChI=1S/C18H23NO2/c1-3-20-18-12-15(9-10-19)7-8-17(18)21-13-16-6-4-5-14(2)11-16/h4-8,11-12H,3,9-10,13,19H2,1-2H3. The van der Waals surface area contributed by atoms with Crippen molar-refractivity contribution in [2.24, 2.45) is 5.73 Å². The van der Waals surface area contributed by atoms with Crippen LogP contribution in [-0.2, 0) is 13.0 Å². The molecule has 2 rings (SSSR count). The number of nitrogens with two attached hydrogens (primary N) is 1. The Morgan fingerprint density at radius 2 is 1.81 bits per heavy atom. The Morgan fingerprint density at radius 1 is 0.952 bits per heavy atom. The van der Waals surface area contributed by atoms with Gasteiger partial charge in [-0.2, -0.15) is 0 Å². The molecule has 0 radical (unpaired) electrons. The van der Waals surface area contributed by atoms with Crippen molar-refractivity contribution in [1.29, 1.82) is 0 Å². The van der Waals surface area contributed by atoms with Crippen LogP contribution in [0.3, 0.4) is 0 Å². The zero-order valence-corrected chi connectivity index (χ0v) is 12.8. The van der Waals surface area contributed by atoms with E-state index in [-0.39, 0.29) is 0 Å². The summed E-state index contributed by atoms with van der Waals surface area (Å²) in [6.45, 7) is 5.84. The molecule has 112 valence electrons. The minimum atomic E-state index is 0.540. The Kier molecular flexibility index (Phi) is 5.64. The normalized spacial score (nSPS) is 10.4. The molecule has 0 bridgehead atoms. The monoisotopic (exact) mass is 285 g/mol. The van der Waals surface area contributed by atoms with Gasteiger partial charge in [0.25, 0.3) is 0 Å². The Hall–Kier alpha value is -2.00. The number of benzene rings is 2. The Balaban J connectivity index is 2.11. The van der Waals surface area contributed by atoms with Crippen LogP contribution >= 0.6 is 0 Å². The molecule has 0 aliphatic rings. The number of ether oxygens (including phenoxy) is 2. The number of aryl methyl sites for hydroxylation is 1. The van der Waals surface area contributed by atoms with Crippen LogP contribution in [0.25, 0.3) is 0 Å². The summed E-state index contributed by atoms with van der Waals surface area (Å²) in [7, 11) is 0. The van der Waals surface area contributed by atoms with E-state index in [0.29, 0.717) is 19.8 Å². The summed E-state index contributed by atoms with van der Waals surface area (Å²) in [5, 5.41) is 0. The first kappa shape index (κ1) is 15.4. The van der Waals surface area contributed by atoms with E-state index in [4.69, 9.17) is 15.2 Å². The van der Waals surface area contributed by atoms with Crippen LogP contribution in [0.2, 0.25) is 0 Å². The van der Waals surface area contributed by atoms with Crippen molar-refractivity contribution in [3.05, 3.63) is 59.2 Å². The fraction of sp³-hybridized carbons (Fsp3) is 0.333. The lowest BCUT2D eigenvalue weighted by atomic mass is 10.1. The molecule has 0 aliphatic carbocycles. The molecule has 0 aliphatic heterocycles. The maximum atomic E-state index is 5.91. The van der Waals surface area contributed by atoms with Crippen molar-refractivity contribution < 1.29 is 9.47 Å². The average Bonchev–Trinajstić information content (AvgIpc) is 2.47. The summed E-state index contributed by atoms with van der Waals surface area (Å²) >= 11 is 0. The fourth-order valence-corrected chi connectivity index (χ4v) is 2.23. The van der Waals surface area contributed by atoms with E-state index in [1.807, 2.05) is 31.2 Å². The second kappa shape index (κ2) is 7.70. The summed E-state index contributed by atoms with van der Waals surface area (Å²) in [4.78, 5) is 0. The lowest BCUT2D eigenvalue weighted by Gasteiger charge is -2.13. The van der Waals surface area contributed by atoms with Crippen LogP contribution in [0.15, 0.2) is 42.5 Å². The molecular weight excluding hydrogens is 262 g/mol. The van der Waals surface area contributed by atoms with Crippen molar-refractivity contribution in [3.8, 4) is 11.5 Å². The molecule has 2 aromatic carbocycles. The molecule has 0 saturated heterocycles. The summed E-state index contributed by atoms with van der Waals surface area (Å²) in [6.07, 6.45) is 0.845. The molecule has 0 saturated carbocycles. The average molecular weight is 285 g/mol. The van der Waals surface area contributed by atoms with Crippen LogP contribution in [0, 0.1) is 6.92 Å². The van der Waals surface area contributed by atoms with Crippen LogP contribution in [-0.4, -0.2) is 13.2 Å². The number of hydrogen-bond acceptors (Lipinski definition) is 3. The van der Waals surface area contributed by atoms with Gasteiger partial charge in [0, 0.05) is 0 Å². The van der Waals surface area contributed by atoms with Crippen molar-refractivity contribution in [3.63, 3.8) is 0 Å². The number of hydrogen-bond donors (Lipinski definition) is 1. The van der Waals surface area contributed by atoms with Crippen LogP contribution in [0.1, 0.15) is 23.6 Å². The van der Waals surface area contributed by atoms with Gasteiger partial charge in [-0.15, -0.1) is 0 Å². The lowest BCUT2D eigenvalue weighted by Crippen LogP contribution is -2.04. The van der Waals surface area contributed by atoms with Crippen LogP contribution in [0.4, 0.5) is 0 Å². The highest BCUT2D eigenvalue weighted by molar-refractivity contribution is 5.43. The first-order valence-corrected chi connectivity index (χ1v) is 7.37. The van der Waals surface area contributed by atoms with Gasteiger partial charge in [0.15, 0.2) is 11.5 Å². The SMILES string of the molecule is CCOc1cc(CCN)ccc1OCc1cccc(C)c1. The molecule has 0 atom stereocenters. The van der Waals surface area contributed by atoms with E-state index < -0.39 is 0 Å². The zero-order valence-electron chi connectivity index (χ0n) is 12.8. The quantitative estimate of drug-likeness (QED) is 0.847. The van der Waals surface area contributed by atoms with Crippen molar-refractivity contribution in [2.75, 3.05) is 13.2 Å². The molecule has 3 heteroatoms. The molecule has 2 aromatic rings. The van der Waals surface area contributed by atoms with Gasteiger partial charge >= 0.3 is 0 Å². The molecule has 3 nitrogen and oxygen atoms in total. The molecule has 0 fully saturated rings. The van der Waals surface area contributed by atoms with E-state index in [2.05, 4.69) is 25.1 Å². The highest BCUT2D eigenvalue weighted by Crippen LogP contribution is 2.29. The largest absolute Gasteiger partial charge is 0.490 e. The summed E-state index contributed by atoms with van der Waals surface area (Å²) in [5.74, 6) is 1.57. The Labute approximate surface area is 126 Å². The van der Waals surface area contributed by atoms with Gasteiger partial charge in [0.2, 0.25) is 0 Å². The minimum absolute atomic E-state index is 0.540. The molecular formula is C18H23NO2. The molecule has 2 N–H and O–H groups in total. The first-order valence-electron chi connectivity index (χ1n) is 7.37. The third-order valence-corrected chi connectivity index (χ3v) is 3.22. The van der Waals surface area contributed by atoms with Crippen molar-refractivity contribution in [2.45, 2.75) is 26.9 Å². The fourth-order valence-electron chi connectivity index (χ4n) is 2.23. The summed E-state index contributed by atoms with van der Waals surface area (Å²) in [5.41, 5.74) is 9.16.